The molecule has 0 spiro atoms. The van der Waals surface area contributed by atoms with Crippen molar-refractivity contribution in [3.05, 3.63) is 46.0 Å². The van der Waals surface area contributed by atoms with Gasteiger partial charge in [0.2, 0.25) is 0 Å². The Kier molecular flexibility index (Phi) is 5.00. The second kappa shape index (κ2) is 6.97. The first-order chi connectivity index (χ1) is 12.6. The molecule has 5 heteroatoms. The average Bonchev–Trinajstić information content (AvgIpc) is 2.57. The molecular weight excluding hydrogens is 338 g/mol. The van der Waals surface area contributed by atoms with Crippen LogP contribution < -0.4 is 16.0 Å². The summed E-state index contributed by atoms with van der Waals surface area (Å²) in [6.07, 6.45) is 2.63. The molecule has 0 bridgehead atoms. The van der Waals surface area contributed by atoms with E-state index >= 15 is 0 Å². The molecule has 0 radical (unpaired) electrons. The van der Waals surface area contributed by atoms with E-state index in [1.165, 1.54) is 0 Å². The minimum atomic E-state index is -0.410. The predicted molar refractivity (Wildman–Crippen MR) is 112 cm³/mol. The van der Waals surface area contributed by atoms with Gasteiger partial charge in [0.05, 0.1) is 17.1 Å². The summed E-state index contributed by atoms with van der Waals surface area (Å²) >= 11 is 0. The lowest BCUT2D eigenvalue weighted by atomic mass is 9.93. The molecule has 0 fully saturated rings. The van der Waals surface area contributed by atoms with Crippen LogP contribution in [0.1, 0.15) is 38.4 Å². The summed E-state index contributed by atoms with van der Waals surface area (Å²) in [7, 11) is 1.79. The number of hydrogen-bond acceptors (Lipinski definition) is 4. The Hall–Kier alpha value is -2.40. The first kappa shape index (κ1) is 19.4. The molecule has 0 aliphatic heterocycles. The van der Waals surface area contributed by atoms with Crippen molar-refractivity contribution in [2.75, 3.05) is 6.61 Å². The minimum Gasteiger partial charge on any atom is -0.491 e. The van der Waals surface area contributed by atoms with Gasteiger partial charge in [-0.15, -0.1) is 0 Å². The molecule has 1 atom stereocenters. The third kappa shape index (κ3) is 3.69. The SMILES string of the molecule is Cc1cc2c3ccc(OC[C@@](C)(N)CC(C)C)c(C)c3c(=O)n(C)c2cn1. The molecule has 2 aromatic heterocycles. The monoisotopic (exact) mass is 367 g/mol. The normalized spacial score (nSPS) is 14.1. The predicted octanol–water partition coefficient (Wildman–Crippen LogP) is 3.85. The molecule has 0 aliphatic carbocycles. The number of rotatable bonds is 5. The van der Waals surface area contributed by atoms with Crippen molar-refractivity contribution < 1.29 is 4.74 Å². The summed E-state index contributed by atoms with van der Waals surface area (Å²) in [5.74, 6) is 1.21. The van der Waals surface area contributed by atoms with Gasteiger partial charge in [-0.1, -0.05) is 13.8 Å². The molecule has 0 saturated carbocycles. The lowest BCUT2D eigenvalue weighted by molar-refractivity contribution is 0.206. The van der Waals surface area contributed by atoms with Crippen LogP contribution >= 0.6 is 0 Å². The van der Waals surface area contributed by atoms with Crippen molar-refractivity contribution in [2.45, 2.75) is 46.6 Å². The Morgan fingerprint density at radius 2 is 1.96 bits per heavy atom. The van der Waals surface area contributed by atoms with E-state index in [1.54, 1.807) is 17.8 Å². The van der Waals surface area contributed by atoms with E-state index in [0.29, 0.717) is 23.7 Å². The standard InChI is InChI=1S/C22H29N3O2/c1-13(2)10-22(5,23)12-27-19-8-7-16-17-9-14(3)24-11-18(17)25(6)21(26)20(16)15(19)4/h7-9,11,13H,10,12,23H2,1-6H3/t22-/m0/s1. The highest BCUT2D eigenvalue weighted by Crippen LogP contribution is 2.30. The zero-order chi connectivity index (χ0) is 19.9. The molecule has 144 valence electrons. The fourth-order valence-corrected chi connectivity index (χ4v) is 3.90. The van der Waals surface area contributed by atoms with Gasteiger partial charge >= 0.3 is 0 Å². The smallest absolute Gasteiger partial charge is 0.259 e. The van der Waals surface area contributed by atoms with Gasteiger partial charge in [0.25, 0.3) is 5.56 Å². The van der Waals surface area contributed by atoms with E-state index in [0.717, 1.165) is 34.0 Å². The van der Waals surface area contributed by atoms with Gasteiger partial charge in [0, 0.05) is 29.2 Å². The molecule has 0 saturated heterocycles. The van der Waals surface area contributed by atoms with Crippen LogP contribution in [0.25, 0.3) is 21.7 Å². The topological polar surface area (TPSA) is 70.1 Å². The van der Waals surface area contributed by atoms with Crippen LogP contribution in [0, 0.1) is 19.8 Å². The quantitative estimate of drug-likeness (QED) is 0.696. The molecule has 2 N–H and O–H groups in total. The molecule has 3 aromatic rings. The van der Waals surface area contributed by atoms with Gasteiger partial charge < -0.3 is 15.0 Å². The van der Waals surface area contributed by atoms with Crippen molar-refractivity contribution in [1.82, 2.24) is 9.55 Å². The molecule has 0 aliphatic rings. The Balaban J connectivity index is 2.11. The van der Waals surface area contributed by atoms with Crippen molar-refractivity contribution >= 4 is 21.7 Å². The summed E-state index contributed by atoms with van der Waals surface area (Å²) in [6, 6.07) is 5.94. The number of pyridine rings is 2. The maximum absolute atomic E-state index is 13.0. The van der Waals surface area contributed by atoms with Crippen molar-refractivity contribution in [3.63, 3.8) is 0 Å². The second-order valence-corrected chi connectivity index (χ2v) is 8.36. The lowest BCUT2D eigenvalue weighted by Gasteiger charge is -2.27. The number of ether oxygens (including phenoxy) is 1. The van der Waals surface area contributed by atoms with Gasteiger partial charge in [0.1, 0.15) is 12.4 Å². The minimum absolute atomic E-state index is 0.0382. The van der Waals surface area contributed by atoms with Gasteiger partial charge in [-0.05, 0) is 56.7 Å². The van der Waals surface area contributed by atoms with Crippen LogP contribution in [-0.4, -0.2) is 21.7 Å². The first-order valence-electron chi connectivity index (χ1n) is 9.41. The maximum Gasteiger partial charge on any atom is 0.259 e. The number of benzene rings is 1. The van der Waals surface area contributed by atoms with E-state index in [9.17, 15) is 4.79 Å². The molecule has 27 heavy (non-hydrogen) atoms. The number of aromatic nitrogens is 2. The van der Waals surface area contributed by atoms with Crippen molar-refractivity contribution in [2.24, 2.45) is 18.7 Å². The zero-order valence-electron chi connectivity index (χ0n) is 17.1. The molecule has 3 rings (SSSR count). The summed E-state index contributed by atoms with van der Waals surface area (Å²) in [5.41, 5.74) is 8.53. The van der Waals surface area contributed by atoms with E-state index in [1.807, 2.05) is 39.0 Å². The third-order valence-corrected chi connectivity index (χ3v) is 5.04. The zero-order valence-corrected chi connectivity index (χ0v) is 17.1. The Morgan fingerprint density at radius 1 is 1.26 bits per heavy atom. The fourth-order valence-electron chi connectivity index (χ4n) is 3.90. The van der Waals surface area contributed by atoms with Gasteiger partial charge in [0.15, 0.2) is 0 Å². The van der Waals surface area contributed by atoms with E-state index in [2.05, 4.69) is 18.8 Å². The van der Waals surface area contributed by atoms with Crippen LogP contribution in [-0.2, 0) is 7.05 Å². The van der Waals surface area contributed by atoms with E-state index in [4.69, 9.17) is 10.5 Å². The number of nitrogens with zero attached hydrogens (tertiary/aromatic N) is 2. The van der Waals surface area contributed by atoms with Crippen LogP contribution in [0.5, 0.6) is 5.75 Å². The number of fused-ring (bicyclic) bond motifs is 3. The molecule has 0 unspecified atom stereocenters. The second-order valence-electron chi connectivity index (χ2n) is 8.36. The van der Waals surface area contributed by atoms with Crippen LogP contribution in [0.4, 0.5) is 0 Å². The summed E-state index contributed by atoms with van der Waals surface area (Å²) in [4.78, 5) is 17.3. The third-order valence-electron chi connectivity index (χ3n) is 5.04. The summed E-state index contributed by atoms with van der Waals surface area (Å²) < 4.78 is 7.72. The summed E-state index contributed by atoms with van der Waals surface area (Å²) in [6.45, 7) is 10.6. The molecule has 0 amide bonds. The maximum atomic E-state index is 13.0. The molecular formula is C22H29N3O2. The van der Waals surface area contributed by atoms with Gasteiger partial charge in [-0.3, -0.25) is 9.78 Å². The largest absolute Gasteiger partial charge is 0.491 e. The van der Waals surface area contributed by atoms with Crippen molar-refractivity contribution in [1.29, 1.82) is 0 Å². The Bertz CT molecular complexity index is 1060. The molecule has 1 aromatic carbocycles. The number of nitrogens with two attached hydrogens (primary N) is 1. The van der Waals surface area contributed by atoms with E-state index < -0.39 is 5.54 Å². The fraction of sp³-hybridized carbons (Fsp3) is 0.455. The Labute approximate surface area is 160 Å². The first-order valence-corrected chi connectivity index (χ1v) is 9.41. The van der Waals surface area contributed by atoms with Gasteiger partial charge in [-0.2, -0.15) is 0 Å². The van der Waals surface area contributed by atoms with E-state index in [-0.39, 0.29) is 5.56 Å². The molecule has 2 heterocycles. The number of hydrogen-bond donors (Lipinski definition) is 1. The highest BCUT2D eigenvalue weighted by Gasteiger charge is 2.22. The van der Waals surface area contributed by atoms with Crippen LogP contribution in [0.15, 0.2) is 29.2 Å². The highest BCUT2D eigenvalue weighted by molar-refractivity contribution is 6.07. The van der Waals surface area contributed by atoms with Crippen molar-refractivity contribution in [3.8, 4) is 5.75 Å². The van der Waals surface area contributed by atoms with Crippen LogP contribution in [0.2, 0.25) is 0 Å². The highest BCUT2D eigenvalue weighted by atomic mass is 16.5. The van der Waals surface area contributed by atoms with Gasteiger partial charge in [-0.25, -0.2) is 0 Å². The number of aryl methyl sites for hydroxylation is 3. The average molecular weight is 367 g/mol. The van der Waals surface area contributed by atoms with Crippen LogP contribution in [0.3, 0.4) is 0 Å². The molecule has 5 nitrogen and oxygen atoms in total. The summed E-state index contributed by atoms with van der Waals surface area (Å²) in [5, 5.41) is 2.65. The lowest BCUT2D eigenvalue weighted by Crippen LogP contribution is -2.43. The Morgan fingerprint density at radius 3 is 2.63 bits per heavy atom.